The van der Waals surface area contributed by atoms with Gasteiger partial charge in [0.1, 0.15) is 5.82 Å². The standard InChI is InChI=1S/C17H22ClFN2/c1-3-8-20-17(4-2)13-7-9-21(11-13)12-14-10-15(18)5-6-16(14)19/h5-7,9-11,17,20H,3-4,8,12H2,1-2H3. The zero-order valence-electron chi connectivity index (χ0n) is 12.6. The first-order valence-corrected chi connectivity index (χ1v) is 7.84. The molecular weight excluding hydrogens is 287 g/mol. The van der Waals surface area contributed by atoms with Crippen molar-refractivity contribution in [2.75, 3.05) is 6.54 Å². The molecule has 1 aromatic carbocycles. The Morgan fingerprint density at radius 1 is 1.29 bits per heavy atom. The van der Waals surface area contributed by atoms with Crippen LogP contribution in [-0.4, -0.2) is 11.1 Å². The first kappa shape index (κ1) is 16.1. The maximum atomic E-state index is 13.8. The van der Waals surface area contributed by atoms with Crippen molar-refractivity contribution in [1.82, 2.24) is 9.88 Å². The summed E-state index contributed by atoms with van der Waals surface area (Å²) in [5, 5.41) is 4.09. The monoisotopic (exact) mass is 308 g/mol. The van der Waals surface area contributed by atoms with Gasteiger partial charge in [0.15, 0.2) is 0 Å². The summed E-state index contributed by atoms with van der Waals surface area (Å²) >= 11 is 5.93. The molecule has 0 bridgehead atoms. The van der Waals surface area contributed by atoms with Gasteiger partial charge in [0.05, 0.1) is 0 Å². The molecule has 2 rings (SSSR count). The van der Waals surface area contributed by atoms with Crippen molar-refractivity contribution in [2.24, 2.45) is 0 Å². The molecule has 0 aliphatic rings. The fraction of sp³-hybridized carbons (Fsp3) is 0.412. The normalized spacial score (nSPS) is 12.6. The molecule has 2 nitrogen and oxygen atoms in total. The zero-order valence-corrected chi connectivity index (χ0v) is 13.3. The van der Waals surface area contributed by atoms with Crippen molar-refractivity contribution in [3.63, 3.8) is 0 Å². The molecule has 0 aliphatic carbocycles. The zero-order chi connectivity index (χ0) is 15.2. The lowest BCUT2D eigenvalue weighted by atomic mass is 10.1. The van der Waals surface area contributed by atoms with Crippen LogP contribution in [0.4, 0.5) is 4.39 Å². The van der Waals surface area contributed by atoms with Gasteiger partial charge in [0.25, 0.3) is 0 Å². The minimum atomic E-state index is -0.217. The lowest BCUT2D eigenvalue weighted by molar-refractivity contribution is 0.517. The van der Waals surface area contributed by atoms with Gasteiger partial charge in [0, 0.05) is 35.6 Å². The smallest absolute Gasteiger partial charge is 0.128 e. The second-order valence-corrected chi connectivity index (χ2v) is 5.70. The first-order valence-electron chi connectivity index (χ1n) is 7.47. The van der Waals surface area contributed by atoms with Crippen LogP contribution in [0.25, 0.3) is 0 Å². The largest absolute Gasteiger partial charge is 0.349 e. The summed E-state index contributed by atoms with van der Waals surface area (Å²) < 4.78 is 15.8. The van der Waals surface area contributed by atoms with E-state index in [1.54, 1.807) is 12.1 Å². The van der Waals surface area contributed by atoms with Crippen LogP contribution < -0.4 is 5.32 Å². The topological polar surface area (TPSA) is 17.0 Å². The number of nitrogens with zero attached hydrogens (tertiary/aromatic N) is 1. The highest BCUT2D eigenvalue weighted by Gasteiger charge is 2.10. The molecule has 0 amide bonds. The third-order valence-corrected chi connectivity index (χ3v) is 3.82. The lowest BCUT2D eigenvalue weighted by Gasteiger charge is -2.15. The molecule has 1 heterocycles. The Morgan fingerprint density at radius 2 is 2.10 bits per heavy atom. The Hall–Kier alpha value is -1.32. The fourth-order valence-electron chi connectivity index (χ4n) is 2.44. The van der Waals surface area contributed by atoms with Crippen molar-refractivity contribution in [3.8, 4) is 0 Å². The van der Waals surface area contributed by atoms with Gasteiger partial charge in [-0.3, -0.25) is 0 Å². The third kappa shape index (κ3) is 4.32. The molecule has 1 N–H and O–H groups in total. The Morgan fingerprint density at radius 3 is 2.81 bits per heavy atom. The summed E-state index contributed by atoms with van der Waals surface area (Å²) in [4.78, 5) is 0. The van der Waals surface area contributed by atoms with Gasteiger partial charge in [-0.05, 0) is 49.2 Å². The molecule has 1 unspecified atom stereocenters. The summed E-state index contributed by atoms with van der Waals surface area (Å²) in [5.41, 5.74) is 1.85. The van der Waals surface area contributed by atoms with Crippen LogP contribution in [0.5, 0.6) is 0 Å². The van der Waals surface area contributed by atoms with E-state index in [2.05, 4.69) is 31.4 Å². The van der Waals surface area contributed by atoms with Crippen molar-refractivity contribution in [2.45, 2.75) is 39.3 Å². The number of nitrogens with one attached hydrogen (secondary N) is 1. The van der Waals surface area contributed by atoms with Gasteiger partial charge < -0.3 is 9.88 Å². The van der Waals surface area contributed by atoms with Gasteiger partial charge in [-0.25, -0.2) is 4.39 Å². The number of benzene rings is 1. The van der Waals surface area contributed by atoms with Crippen LogP contribution in [0.15, 0.2) is 36.7 Å². The predicted octanol–water partition coefficient (Wildman–Crippen LogP) is 4.78. The predicted molar refractivity (Wildman–Crippen MR) is 86.3 cm³/mol. The Labute approximate surface area is 130 Å². The molecule has 0 fully saturated rings. The van der Waals surface area contributed by atoms with E-state index in [1.807, 2.05) is 10.8 Å². The molecule has 114 valence electrons. The maximum absolute atomic E-state index is 13.8. The average molecular weight is 309 g/mol. The Kier molecular flexibility index (Phi) is 5.83. The van der Waals surface area contributed by atoms with Crippen molar-refractivity contribution >= 4 is 11.6 Å². The molecule has 21 heavy (non-hydrogen) atoms. The quantitative estimate of drug-likeness (QED) is 0.779. The Balaban J connectivity index is 2.10. The van der Waals surface area contributed by atoms with Crippen LogP contribution >= 0.6 is 11.6 Å². The van der Waals surface area contributed by atoms with Gasteiger partial charge in [0.2, 0.25) is 0 Å². The number of halogens is 2. The van der Waals surface area contributed by atoms with Gasteiger partial charge in [-0.1, -0.05) is 25.4 Å². The number of rotatable bonds is 7. The van der Waals surface area contributed by atoms with E-state index in [9.17, 15) is 4.39 Å². The molecule has 2 aromatic rings. The van der Waals surface area contributed by atoms with Crippen molar-refractivity contribution < 1.29 is 4.39 Å². The molecule has 1 atom stereocenters. The van der Waals surface area contributed by atoms with Gasteiger partial charge in [-0.15, -0.1) is 0 Å². The molecular formula is C17H22ClFN2. The van der Waals surface area contributed by atoms with Crippen LogP contribution in [-0.2, 0) is 6.54 Å². The maximum Gasteiger partial charge on any atom is 0.128 e. The van der Waals surface area contributed by atoms with E-state index in [-0.39, 0.29) is 5.82 Å². The summed E-state index contributed by atoms with van der Waals surface area (Å²) in [6.45, 7) is 5.83. The molecule has 0 saturated heterocycles. The molecule has 0 saturated carbocycles. The summed E-state index contributed by atoms with van der Waals surface area (Å²) in [5.74, 6) is -0.217. The van der Waals surface area contributed by atoms with Gasteiger partial charge in [-0.2, -0.15) is 0 Å². The van der Waals surface area contributed by atoms with Crippen LogP contribution in [0, 0.1) is 5.82 Å². The molecule has 0 radical (unpaired) electrons. The van der Waals surface area contributed by atoms with Crippen molar-refractivity contribution in [3.05, 3.63) is 58.6 Å². The highest BCUT2D eigenvalue weighted by Crippen LogP contribution is 2.20. The van der Waals surface area contributed by atoms with Gasteiger partial charge >= 0.3 is 0 Å². The molecule has 0 spiro atoms. The molecule has 4 heteroatoms. The minimum Gasteiger partial charge on any atom is -0.349 e. The van der Waals surface area contributed by atoms with Crippen LogP contribution in [0.1, 0.15) is 43.9 Å². The van der Waals surface area contributed by atoms with E-state index in [4.69, 9.17) is 11.6 Å². The van der Waals surface area contributed by atoms with Crippen LogP contribution in [0.3, 0.4) is 0 Å². The van der Waals surface area contributed by atoms with E-state index in [0.29, 0.717) is 23.2 Å². The summed E-state index contributed by atoms with van der Waals surface area (Å²) in [6.07, 6.45) is 6.23. The van der Waals surface area contributed by atoms with E-state index in [1.165, 1.54) is 11.6 Å². The van der Waals surface area contributed by atoms with E-state index >= 15 is 0 Å². The van der Waals surface area contributed by atoms with Crippen molar-refractivity contribution in [1.29, 1.82) is 0 Å². The number of aromatic nitrogens is 1. The second kappa shape index (κ2) is 7.62. The average Bonchev–Trinajstić information content (AvgIpc) is 2.92. The summed E-state index contributed by atoms with van der Waals surface area (Å²) in [7, 11) is 0. The second-order valence-electron chi connectivity index (χ2n) is 5.27. The lowest BCUT2D eigenvalue weighted by Crippen LogP contribution is -2.21. The number of hydrogen-bond donors (Lipinski definition) is 1. The molecule has 1 aromatic heterocycles. The van der Waals surface area contributed by atoms with Crippen LogP contribution in [0.2, 0.25) is 5.02 Å². The SMILES string of the molecule is CCCNC(CC)c1ccn(Cc2cc(Cl)ccc2F)c1. The number of hydrogen-bond acceptors (Lipinski definition) is 1. The Bertz CT molecular complexity index is 580. The minimum absolute atomic E-state index is 0.217. The first-order chi connectivity index (χ1) is 10.1. The third-order valence-electron chi connectivity index (χ3n) is 3.59. The van der Waals surface area contributed by atoms with E-state index < -0.39 is 0 Å². The van der Waals surface area contributed by atoms with E-state index in [0.717, 1.165) is 19.4 Å². The highest BCUT2D eigenvalue weighted by molar-refractivity contribution is 6.30. The summed E-state index contributed by atoms with van der Waals surface area (Å²) in [6, 6.07) is 7.13. The highest BCUT2D eigenvalue weighted by atomic mass is 35.5. The fourth-order valence-corrected chi connectivity index (χ4v) is 2.64. The molecule has 0 aliphatic heterocycles.